The van der Waals surface area contributed by atoms with Crippen LogP contribution in [0.15, 0.2) is 23.7 Å². The first-order valence-corrected chi connectivity index (χ1v) is 6.18. The summed E-state index contributed by atoms with van der Waals surface area (Å²) in [5.74, 6) is -0.0741. The lowest BCUT2D eigenvalue weighted by Crippen LogP contribution is -2.34. The van der Waals surface area contributed by atoms with Crippen molar-refractivity contribution in [2.45, 2.75) is 25.8 Å². The van der Waals surface area contributed by atoms with Crippen LogP contribution in [0.25, 0.3) is 10.1 Å². The van der Waals surface area contributed by atoms with Crippen LogP contribution < -0.4 is 5.32 Å². The van der Waals surface area contributed by atoms with E-state index < -0.39 is 11.5 Å². The van der Waals surface area contributed by atoms with Gasteiger partial charge in [-0.2, -0.15) is 0 Å². The maximum atomic E-state index is 10.8. The Morgan fingerprint density at radius 2 is 2.29 bits per heavy atom. The van der Waals surface area contributed by atoms with Gasteiger partial charge in [-0.05, 0) is 31.4 Å². The molecule has 4 nitrogen and oxygen atoms in total. The predicted molar refractivity (Wildman–Crippen MR) is 69.6 cm³/mol. The highest BCUT2D eigenvalue weighted by molar-refractivity contribution is 7.17. The molecule has 0 spiro atoms. The molecular formula is C12H14N2O2S. The number of nitrogens with zero attached hydrogens (tertiary/aromatic N) is 1. The third-order valence-corrected chi connectivity index (χ3v) is 3.31. The molecule has 2 aromatic heterocycles. The lowest BCUT2D eigenvalue weighted by atomic mass is 10.0. The van der Waals surface area contributed by atoms with Gasteiger partial charge in [0.15, 0.2) is 0 Å². The van der Waals surface area contributed by atoms with Crippen LogP contribution in [0.3, 0.4) is 0 Å². The van der Waals surface area contributed by atoms with Gasteiger partial charge in [0.2, 0.25) is 0 Å². The summed E-state index contributed by atoms with van der Waals surface area (Å²) in [5, 5.41) is 15.1. The normalized spacial score (nSPS) is 11.6. The number of hydrogen-bond donors (Lipinski definition) is 2. The highest BCUT2D eigenvalue weighted by Gasteiger charge is 2.22. The first-order valence-electron chi connectivity index (χ1n) is 5.30. The van der Waals surface area contributed by atoms with E-state index in [-0.39, 0.29) is 6.42 Å². The summed E-state index contributed by atoms with van der Waals surface area (Å²) in [5.41, 5.74) is -0.519. The number of fused-ring (bicyclic) bond motifs is 1. The summed E-state index contributed by atoms with van der Waals surface area (Å²) in [4.78, 5) is 15.0. The molecule has 0 fully saturated rings. The molecule has 0 saturated heterocycles. The van der Waals surface area contributed by atoms with E-state index in [0.717, 1.165) is 15.9 Å². The average molecular weight is 250 g/mol. The van der Waals surface area contributed by atoms with Crippen molar-refractivity contribution in [1.82, 2.24) is 4.98 Å². The molecule has 5 heteroatoms. The van der Waals surface area contributed by atoms with E-state index in [9.17, 15) is 4.79 Å². The number of carboxylic acids is 1. The molecule has 0 aromatic carbocycles. The quantitative estimate of drug-likeness (QED) is 0.875. The number of nitrogens with one attached hydrogen (secondary N) is 1. The topological polar surface area (TPSA) is 62.2 Å². The van der Waals surface area contributed by atoms with E-state index in [4.69, 9.17) is 5.11 Å². The first-order chi connectivity index (χ1) is 7.98. The molecule has 0 amide bonds. The predicted octanol–water partition coefficient (Wildman–Crippen LogP) is 2.96. The molecule has 0 bridgehead atoms. The fraction of sp³-hybridized carbons (Fsp3) is 0.333. The van der Waals surface area contributed by atoms with Crippen molar-refractivity contribution in [2.75, 3.05) is 5.32 Å². The summed E-state index contributed by atoms with van der Waals surface area (Å²) < 4.78 is 1.15. The van der Waals surface area contributed by atoms with E-state index in [1.807, 2.05) is 31.4 Å². The van der Waals surface area contributed by atoms with Gasteiger partial charge in [-0.25, -0.2) is 4.98 Å². The Bertz CT molecular complexity index is 548. The zero-order valence-corrected chi connectivity index (χ0v) is 10.5. The van der Waals surface area contributed by atoms with E-state index in [0.29, 0.717) is 0 Å². The molecule has 0 aliphatic rings. The van der Waals surface area contributed by atoms with Gasteiger partial charge in [-0.15, -0.1) is 11.3 Å². The van der Waals surface area contributed by atoms with E-state index in [2.05, 4.69) is 10.3 Å². The lowest BCUT2D eigenvalue weighted by Gasteiger charge is -2.25. The van der Waals surface area contributed by atoms with Gasteiger partial charge in [-0.3, -0.25) is 4.79 Å². The Labute approximate surface area is 103 Å². The molecule has 2 aromatic rings. The number of carbonyl (C=O) groups is 1. The Kier molecular flexibility index (Phi) is 3.02. The van der Waals surface area contributed by atoms with E-state index >= 15 is 0 Å². The molecule has 2 rings (SSSR count). The number of anilines is 1. The van der Waals surface area contributed by atoms with Crippen LogP contribution >= 0.6 is 11.3 Å². The minimum atomic E-state index is -0.819. The molecule has 0 aliphatic carbocycles. The third-order valence-electron chi connectivity index (χ3n) is 2.43. The van der Waals surface area contributed by atoms with Gasteiger partial charge < -0.3 is 10.4 Å². The minimum Gasteiger partial charge on any atom is -0.481 e. The van der Waals surface area contributed by atoms with Crippen LogP contribution in [0.5, 0.6) is 0 Å². The van der Waals surface area contributed by atoms with Crippen molar-refractivity contribution in [3.05, 3.63) is 23.7 Å². The monoisotopic (exact) mass is 250 g/mol. The van der Waals surface area contributed by atoms with Gasteiger partial charge in [0.1, 0.15) is 5.82 Å². The fourth-order valence-electron chi connectivity index (χ4n) is 1.74. The van der Waals surface area contributed by atoms with Crippen LogP contribution in [0.2, 0.25) is 0 Å². The molecule has 0 aliphatic heterocycles. The summed E-state index contributed by atoms with van der Waals surface area (Å²) in [6, 6.07) is 3.95. The number of carboxylic acid groups (broad SMARTS) is 1. The number of hydrogen-bond acceptors (Lipinski definition) is 4. The van der Waals surface area contributed by atoms with Crippen molar-refractivity contribution in [1.29, 1.82) is 0 Å². The first kappa shape index (κ1) is 11.9. The summed E-state index contributed by atoms with van der Waals surface area (Å²) in [7, 11) is 0. The zero-order valence-electron chi connectivity index (χ0n) is 9.73. The van der Waals surface area contributed by atoms with Crippen molar-refractivity contribution in [3.8, 4) is 0 Å². The second kappa shape index (κ2) is 4.33. The molecule has 0 unspecified atom stereocenters. The van der Waals surface area contributed by atoms with Crippen LogP contribution in [0.4, 0.5) is 5.82 Å². The number of aromatic nitrogens is 1. The summed E-state index contributed by atoms with van der Waals surface area (Å²) >= 11 is 1.65. The molecule has 0 radical (unpaired) electrons. The van der Waals surface area contributed by atoms with Crippen molar-refractivity contribution < 1.29 is 9.90 Å². The average Bonchev–Trinajstić information content (AvgIpc) is 2.63. The molecule has 2 heterocycles. The molecule has 2 N–H and O–H groups in total. The van der Waals surface area contributed by atoms with Gasteiger partial charge in [0.25, 0.3) is 0 Å². The van der Waals surface area contributed by atoms with Crippen molar-refractivity contribution in [2.24, 2.45) is 0 Å². The Balaban J connectivity index is 2.29. The maximum Gasteiger partial charge on any atom is 0.305 e. The lowest BCUT2D eigenvalue weighted by molar-refractivity contribution is -0.137. The second-order valence-corrected chi connectivity index (χ2v) is 5.52. The van der Waals surface area contributed by atoms with Crippen LogP contribution in [-0.2, 0) is 4.79 Å². The van der Waals surface area contributed by atoms with Crippen LogP contribution in [0.1, 0.15) is 20.3 Å². The second-order valence-electron chi connectivity index (χ2n) is 4.57. The summed E-state index contributed by atoms with van der Waals surface area (Å²) in [6.07, 6.45) is 1.78. The zero-order chi connectivity index (χ0) is 12.5. The van der Waals surface area contributed by atoms with E-state index in [1.165, 1.54) is 0 Å². The molecule has 0 atom stereocenters. The van der Waals surface area contributed by atoms with Crippen LogP contribution in [0, 0.1) is 0 Å². The van der Waals surface area contributed by atoms with Gasteiger partial charge in [-0.1, -0.05) is 0 Å². The van der Waals surface area contributed by atoms with E-state index in [1.54, 1.807) is 17.5 Å². The smallest absolute Gasteiger partial charge is 0.305 e. The number of pyridine rings is 1. The standard InChI is InChI=1S/C12H14N2O2S/c1-12(2,7-10(15)16)14-11-8-4-6-17-9(8)3-5-13-11/h3-6H,7H2,1-2H3,(H,13,14)(H,15,16). The molecule has 0 saturated carbocycles. The SMILES string of the molecule is CC(C)(CC(=O)O)Nc1nccc2sccc12. The fourth-order valence-corrected chi connectivity index (χ4v) is 2.52. The highest BCUT2D eigenvalue weighted by atomic mass is 32.1. The number of aliphatic carboxylic acids is 1. The molecular weight excluding hydrogens is 236 g/mol. The Morgan fingerprint density at radius 3 is 3.00 bits per heavy atom. The van der Waals surface area contributed by atoms with Crippen molar-refractivity contribution in [3.63, 3.8) is 0 Å². The molecule has 90 valence electrons. The summed E-state index contributed by atoms with van der Waals surface area (Å²) in [6.45, 7) is 3.71. The third kappa shape index (κ3) is 2.74. The van der Waals surface area contributed by atoms with Crippen LogP contribution in [-0.4, -0.2) is 21.6 Å². The van der Waals surface area contributed by atoms with Gasteiger partial charge in [0, 0.05) is 21.8 Å². The molecule has 17 heavy (non-hydrogen) atoms. The van der Waals surface area contributed by atoms with Crippen molar-refractivity contribution >= 4 is 33.2 Å². The van der Waals surface area contributed by atoms with Gasteiger partial charge in [0.05, 0.1) is 6.42 Å². The largest absolute Gasteiger partial charge is 0.481 e. The number of thiophene rings is 1. The highest BCUT2D eigenvalue weighted by Crippen LogP contribution is 2.28. The maximum absolute atomic E-state index is 10.8. The Hall–Kier alpha value is -1.62. The minimum absolute atomic E-state index is 0.0508. The number of rotatable bonds is 4. The Morgan fingerprint density at radius 1 is 1.53 bits per heavy atom. The van der Waals surface area contributed by atoms with Gasteiger partial charge >= 0.3 is 5.97 Å².